The van der Waals surface area contributed by atoms with E-state index < -0.39 is 0 Å². The van der Waals surface area contributed by atoms with Crippen LogP contribution in [-0.2, 0) is 17.6 Å². The van der Waals surface area contributed by atoms with Crippen molar-refractivity contribution < 1.29 is 4.79 Å². The first kappa shape index (κ1) is 17.7. The van der Waals surface area contributed by atoms with Crippen molar-refractivity contribution in [1.82, 2.24) is 24.9 Å². The molecule has 0 aliphatic carbocycles. The maximum atomic E-state index is 12.2. The van der Waals surface area contributed by atoms with Gasteiger partial charge in [-0.25, -0.2) is 9.36 Å². The van der Waals surface area contributed by atoms with Gasteiger partial charge in [0.2, 0.25) is 5.91 Å². The van der Waals surface area contributed by atoms with Gasteiger partial charge in [-0.05, 0) is 41.8 Å². The summed E-state index contributed by atoms with van der Waals surface area (Å²) in [5, 5.41) is 11.7. The monoisotopic (exact) mass is 371 g/mol. The van der Waals surface area contributed by atoms with E-state index in [0.29, 0.717) is 13.0 Å². The summed E-state index contributed by atoms with van der Waals surface area (Å²) < 4.78 is 3.62. The van der Waals surface area contributed by atoms with Gasteiger partial charge in [-0.15, -0.1) is 0 Å². The molecule has 140 valence electrons. The van der Waals surface area contributed by atoms with Crippen LogP contribution in [0.2, 0.25) is 0 Å². The molecule has 1 N–H and O–H groups in total. The highest BCUT2D eigenvalue weighted by atomic mass is 16.1. The molecule has 6 heteroatoms. The zero-order valence-corrected chi connectivity index (χ0v) is 15.4. The van der Waals surface area contributed by atoms with Gasteiger partial charge in [0, 0.05) is 18.9 Å². The van der Waals surface area contributed by atoms with Gasteiger partial charge < -0.3 is 5.32 Å². The molecule has 2 aromatic heterocycles. The zero-order chi connectivity index (χ0) is 19.2. The van der Waals surface area contributed by atoms with E-state index in [1.165, 1.54) is 0 Å². The Morgan fingerprint density at radius 1 is 0.786 bits per heavy atom. The van der Waals surface area contributed by atoms with Gasteiger partial charge in [-0.1, -0.05) is 36.4 Å². The molecule has 0 saturated carbocycles. The molecule has 0 saturated heterocycles. The summed E-state index contributed by atoms with van der Waals surface area (Å²) >= 11 is 0. The first-order chi connectivity index (χ1) is 13.8. The summed E-state index contributed by atoms with van der Waals surface area (Å²) in [5.41, 5.74) is 3.97. The Labute approximate surface area is 163 Å². The minimum absolute atomic E-state index is 0.0111. The van der Waals surface area contributed by atoms with Gasteiger partial charge >= 0.3 is 0 Å². The molecular formula is C22H21N5O. The number of rotatable bonds is 7. The number of para-hydroxylation sites is 2. The normalized spacial score (nSPS) is 10.7. The van der Waals surface area contributed by atoms with Crippen LogP contribution in [0.25, 0.3) is 11.4 Å². The maximum Gasteiger partial charge on any atom is 0.224 e. The van der Waals surface area contributed by atoms with Crippen LogP contribution in [0.4, 0.5) is 0 Å². The molecule has 6 nitrogen and oxygen atoms in total. The molecule has 0 radical (unpaired) electrons. The van der Waals surface area contributed by atoms with E-state index in [1.807, 2.05) is 83.9 Å². The fourth-order valence-corrected chi connectivity index (χ4v) is 2.98. The third-order valence-corrected chi connectivity index (χ3v) is 4.41. The SMILES string of the molecule is O=C(Cc1cnn(-c2ccccc2)c1)NCCc1cnn(-c2ccccc2)c1. The van der Waals surface area contributed by atoms with Crippen molar-refractivity contribution in [2.75, 3.05) is 6.54 Å². The van der Waals surface area contributed by atoms with Gasteiger partial charge in [0.1, 0.15) is 0 Å². The van der Waals surface area contributed by atoms with Gasteiger partial charge in [-0.2, -0.15) is 10.2 Å². The third-order valence-electron chi connectivity index (χ3n) is 4.41. The van der Waals surface area contributed by atoms with Crippen molar-refractivity contribution in [2.45, 2.75) is 12.8 Å². The Morgan fingerprint density at radius 2 is 1.32 bits per heavy atom. The molecule has 4 aromatic rings. The highest BCUT2D eigenvalue weighted by Crippen LogP contribution is 2.09. The Morgan fingerprint density at radius 3 is 1.93 bits per heavy atom. The number of benzene rings is 2. The van der Waals surface area contributed by atoms with E-state index in [2.05, 4.69) is 15.5 Å². The number of carbonyl (C=O) groups is 1. The van der Waals surface area contributed by atoms with E-state index in [-0.39, 0.29) is 5.91 Å². The molecule has 2 heterocycles. The van der Waals surface area contributed by atoms with E-state index in [4.69, 9.17) is 0 Å². The number of hydrogen-bond acceptors (Lipinski definition) is 3. The number of nitrogens with zero attached hydrogens (tertiary/aromatic N) is 4. The second-order valence-electron chi connectivity index (χ2n) is 6.53. The third kappa shape index (κ3) is 4.35. The van der Waals surface area contributed by atoms with E-state index in [9.17, 15) is 4.79 Å². The summed E-state index contributed by atoms with van der Waals surface area (Å²) in [6, 6.07) is 19.8. The summed E-state index contributed by atoms with van der Waals surface area (Å²) in [7, 11) is 0. The molecular weight excluding hydrogens is 350 g/mol. The zero-order valence-electron chi connectivity index (χ0n) is 15.4. The number of hydrogen-bond donors (Lipinski definition) is 1. The smallest absolute Gasteiger partial charge is 0.224 e. The molecule has 0 aliphatic heterocycles. The van der Waals surface area contributed by atoms with Gasteiger partial charge in [0.15, 0.2) is 0 Å². The molecule has 0 spiro atoms. The minimum atomic E-state index is -0.0111. The molecule has 0 aliphatic rings. The van der Waals surface area contributed by atoms with Crippen LogP contribution >= 0.6 is 0 Å². The van der Waals surface area contributed by atoms with E-state index in [1.54, 1.807) is 10.9 Å². The Kier molecular flexibility index (Phi) is 5.29. The van der Waals surface area contributed by atoms with E-state index >= 15 is 0 Å². The quantitative estimate of drug-likeness (QED) is 0.543. The summed E-state index contributed by atoms with van der Waals surface area (Å²) in [4.78, 5) is 12.2. The number of nitrogens with one attached hydrogen (secondary N) is 1. The highest BCUT2D eigenvalue weighted by Gasteiger charge is 2.07. The standard InChI is InChI=1S/C22H21N5O/c28-22(13-19-15-25-27(17-19)21-9-5-2-6-10-21)23-12-11-18-14-24-26(16-18)20-7-3-1-4-8-20/h1-10,14-17H,11-13H2,(H,23,28). The fraction of sp³-hybridized carbons (Fsp3) is 0.136. The molecule has 28 heavy (non-hydrogen) atoms. The lowest BCUT2D eigenvalue weighted by Crippen LogP contribution is -2.27. The largest absolute Gasteiger partial charge is 0.355 e. The molecule has 0 fully saturated rings. The van der Waals surface area contributed by atoms with Crippen LogP contribution in [-0.4, -0.2) is 32.0 Å². The van der Waals surface area contributed by atoms with E-state index in [0.717, 1.165) is 28.9 Å². The molecule has 1 amide bonds. The van der Waals surface area contributed by atoms with Crippen LogP contribution in [0.3, 0.4) is 0 Å². The Bertz CT molecular complexity index is 1040. The van der Waals surface area contributed by atoms with Crippen molar-refractivity contribution >= 4 is 5.91 Å². The molecule has 0 bridgehead atoms. The lowest BCUT2D eigenvalue weighted by Gasteiger charge is -2.03. The second kappa shape index (κ2) is 8.35. The van der Waals surface area contributed by atoms with Crippen LogP contribution in [0.1, 0.15) is 11.1 Å². The number of aromatic nitrogens is 4. The topological polar surface area (TPSA) is 64.7 Å². The van der Waals surface area contributed by atoms with Crippen molar-refractivity contribution in [3.8, 4) is 11.4 Å². The average molecular weight is 371 g/mol. The lowest BCUT2D eigenvalue weighted by molar-refractivity contribution is -0.120. The Balaban J connectivity index is 1.26. The van der Waals surface area contributed by atoms with Gasteiger partial charge in [0.05, 0.1) is 30.2 Å². The molecule has 2 aromatic carbocycles. The summed E-state index contributed by atoms with van der Waals surface area (Å²) in [6.07, 6.45) is 8.50. The predicted molar refractivity (Wildman–Crippen MR) is 108 cm³/mol. The maximum absolute atomic E-state index is 12.2. The Hall–Kier alpha value is -3.67. The highest BCUT2D eigenvalue weighted by molar-refractivity contribution is 5.78. The fourth-order valence-electron chi connectivity index (χ4n) is 2.98. The first-order valence-electron chi connectivity index (χ1n) is 9.22. The van der Waals surface area contributed by atoms with Crippen molar-refractivity contribution in [3.63, 3.8) is 0 Å². The van der Waals surface area contributed by atoms with Crippen molar-refractivity contribution in [2.24, 2.45) is 0 Å². The predicted octanol–water partition coefficient (Wildman–Crippen LogP) is 2.96. The van der Waals surface area contributed by atoms with Gasteiger partial charge in [0.25, 0.3) is 0 Å². The number of carbonyl (C=O) groups excluding carboxylic acids is 1. The molecule has 0 unspecified atom stereocenters. The molecule has 0 atom stereocenters. The van der Waals surface area contributed by atoms with Gasteiger partial charge in [-0.3, -0.25) is 4.79 Å². The lowest BCUT2D eigenvalue weighted by atomic mass is 10.2. The summed E-state index contributed by atoms with van der Waals surface area (Å²) in [5.74, 6) is -0.0111. The summed E-state index contributed by atoms with van der Waals surface area (Å²) in [6.45, 7) is 0.576. The minimum Gasteiger partial charge on any atom is -0.355 e. The van der Waals surface area contributed by atoms with Crippen molar-refractivity contribution in [3.05, 3.63) is 96.6 Å². The second-order valence-corrected chi connectivity index (χ2v) is 6.53. The number of amides is 1. The first-order valence-corrected chi connectivity index (χ1v) is 9.22. The van der Waals surface area contributed by atoms with Crippen molar-refractivity contribution in [1.29, 1.82) is 0 Å². The average Bonchev–Trinajstić information content (AvgIpc) is 3.39. The van der Waals surface area contributed by atoms with Crippen LogP contribution in [0.15, 0.2) is 85.5 Å². The van der Waals surface area contributed by atoms with Crippen LogP contribution < -0.4 is 5.32 Å². The van der Waals surface area contributed by atoms with Crippen LogP contribution in [0, 0.1) is 0 Å². The van der Waals surface area contributed by atoms with Crippen LogP contribution in [0.5, 0.6) is 0 Å². The molecule has 4 rings (SSSR count).